The highest BCUT2D eigenvalue weighted by Gasteiger charge is 2.29. The van der Waals surface area contributed by atoms with E-state index in [0.717, 1.165) is 6.07 Å². The molecule has 86 valence electrons. The van der Waals surface area contributed by atoms with Gasteiger partial charge in [0.05, 0.1) is 4.90 Å². The third-order valence-corrected chi connectivity index (χ3v) is 4.27. The van der Waals surface area contributed by atoms with Crippen LogP contribution in [0.25, 0.3) is 5.57 Å². The fourth-order valence-electron chi connectivity index (χ4n) is 1.76. The quantitative estimate of drug-likeness (QED) is 0.799. The van der Waals surface area contributed by atoms with Gasteiger partial charge in [-0.05, 0) is 37.7 Å². The maximum Gasteiger partial charge on any atom is 0.200 e. The Morgan fingerprint density at radius 1 is 1.38 bits per heavy atom. The van der Waals surface area contributed by atoms with Crippen LogP contribution < -0.4 is 5.32 Å². The van der Waals surface area contributed by atoms with E-state index in [0.29, 0.717) is 11.1 Å². The van der Waals surface area contributed by atoms with Crippen LogP contribution in [0.1, 0.15) is 12.5 Å². The van der Waals surface area contributed by atoms with Gasteiger partial charge in [-0.1, -0.05) is 0 Å². The van der Waals surface area contributed by atoms with Gasteiger partial charge in [-0.25, -0.2) is 12.8 Å². The van der Waals surface area contributed by atoms with Crippen LogP contribution in [0.3, 0.4) is 0 Å². The lowest BCUT2D eigenvalue weighted by Crippen LogP contribution is -2.22. The molecular formula is C11H12FNO2S. The normalized spacial score (nSPS) is 19.1. The molecule has 3 nitrogen and oxygen atoms in total. The number of fused-ring (bicyclic) bond motifs is 1. The van der Waals surface area contributed by atoms with E-state index >= 15 is 0 Å². The van der Waals surface area contributed by atoms with Crippen molar-refractivity contribution < 1.29 is 12.8 Å². The van der Waals surface area contributed by atoms with Crippen LogP contribution >= 0.6 is 0 Å². The third-order valence-electron chi connectivity index (χ3n) is 2.74. The zero-order chi connectivity index (χ0) is 11.9. The lowest BCUT2D eigenvalue weighted by molar-refractivity contribution is 0.604. The molecule has 1 N–H and O–H groups in total. The molecule has 1 heterocycles. The molecule has 0 radical (unpaired) electrons. The van der Waals surface area contributed by atoms with Gasteiger partial charge in [-0.3, -0.25) is 0 Å². The fraction of sp³-hybridized carbons (Fsp3) is 0.273. The highest BCUT2D eigenvalue weighted by molar-refractivity contribution is 7.95. The molecule has 0 amide bonds. The first-order valence-corrected chi connectivity index (χ1v) is 6.44. The lowest BCUT2D eigenvalue weighted by atomic mass is 10.0. The van der Waals surface area contributed by atoms with Crippen molar-refractivity contribution in [1.29, 1.82) is 0 Å². The predicted molar refractivity (Wildman–Crippen MR) is 60.1 cm³/mol. The van der Waals surface area contributed by atoms with Crippen molar-refractivity contribution in [3.8, 4) is 0 Å². The summed E-state index contributed by atoms with van der Waals surface area (Å²) in [6, 6.07) is 3.61. The molecular weight excluding hydrogens is 229 g/mol. The first kappa shape index (κ1) is 11.3. The molecule has 5 heteroatoms. The van der Waals surface area contributed by atoms with Crippen LogP contribution in [0, 0.1) is 5.82 Å². The first-order chi connectivity index (χ1) is 7.45. The number of sulfone groups is 1. The summed E-state index contributed by atoms with van der Waals surface area (Å²) < 4.78 is 36.6. The fourth-order valence-corrected chi connectivity index (χ4v) is 3.29. The summed E-state index contributed by atoms with van der Waals surface area (Å²) in [6.07, 6.45) is 0. The van der Waals surface area contributed by atoms with E-state index in [-0.39, 0.29) is 10.9 Å². The molecule has 0 aliphatic carbocycles. The summed E-state index contributed by atoms with van der Waals surface area (Å²) in [6.45, 7) is 1.83. The Kier molecular flexibility index (Phi) is 2.59. The molecule has 1 aromatic carbocycles. The van der Waals surface area contributed by atoms with Crippen molar-refractivity contribution in [2.45, 2.75) is 17.9 Å². The van der Waals surface area contributed by atoms with Gasteiger partial charge in [-0.2, -0.15) is 0 Å². The maximum atomic E-state index is 13.1. The van der Waals surface area contributed by atoms with Gasteiger partial charge in [0.1, 0.15) is 5.82 Å². The molecule has 2 rings (SSSR count). The second-order valence-electron chi connectivity index (χ2n) is 3.77. The molecule has 1 aliphatic rings. The molecule has 1 aromatic rings. The molecule has 0 fully saturated rings. The van der Waals surface area contributed by atoms with Crippen molar-refractivity contribution in [2.75, 3.05) is 7.05 Å². The van der Waals surface area contributed by atoms with E-state index in [9.17, 15) is 12.8 Å². The Bertz CT molecular complexity index is 563. The zero-order valence-electron chi connectivity index (χ0n) is 8.99. The van der Waals surface area contributed by atoms with Gasteiger partial charge >= 0.3 is 0 Å². The van der Waals surface area contributed by atoms with Gasteiger partial charge in [0.2, 0.25) is 9.84 Å². The van der Waals surface area contributed by atoms with E-state index in [1.165, 1.54) is 17.5 Å². The number of hydrogen-bond acceptors (Lipinski definition) is 3. The maximum absolute atomic E-state index is 13.1. The summed E-state index contributed by atoms with van der Waals surface area (Å²) in [5.74, 6) is -0.426. The molecule has 0 aromatic heterocycles. The van der Waals surface area contributed by atoms with Crippen molar-refractivity contribution in [1.82, 2.24) is 5.32 Å². The van der Waals surface area contributed by atoms with E-state index in [2.05, 4.69) is 5.32 Å². The average molecular weight is 241 g/mol. The number of likely N-dealkylation sites (N-methyl/N-ethyl adjacent to an activating group) is 1. The molecule has 16 heavy (non-hydrogen) atoms. The molecule has 0 saturated heterocycles. The summed E-state index contributed by atoms with van der Waals surface area (Å²) in [5, 5.41) is 4.16. The monoisotopic (exact) mass is 241 g/mol. The average Bonchev–Trinajstić information content (AvgIpc) is 2.49. The van der Waals surface area contributed by atoms with Crippen LogP contribution in [0.4, 0.5) is 4.39 Å². The highest BCUT2D eigenvalue weighted by atomic mass is 32.2. The van der Waals surface area contributed by atoms with Crippen LogP contribution in [-0.4, -0.2) is 21.5 Å². The van der Waals surface area contributed by atoms with Crippen molar-refractivity contribution in [3.05, 3.63) is 35.0 Å². The number of nitrogens with one attached hydrogen (secondary N) is 1. The summed E-state index contributed by atoms with van der Waals surface area (Å²) in [5.41, 5.74) is 1.07. The predicted octanol–water partition coefficient (Wildman–Crippen LogP) is 1.56. The van der Waals surface area contributed by atoms with Gasteiger partial charge < -0.3 is 5.32 Å². The van der Waals surface area contributed by atoms with E-state index in [1.807, 2.05) is 6.92 Å². The van der Waals surface area contributed by atoms with Crippen LogP contribution in [0.15, 0.2) is 28.5 Å². The largest absolute Gasteiger partial charge is 0.313 e. The molecule has 0 saturated carbocycles. The van der Waals surface area contributed by atoms with Gasteiger partial charge in [0, 0.05) is 17.0 Å². The standard InChI is InChI=1S/C11H12FNO2S/c1-7(13-2)10-6-16(14,15)11-4-3-8(12)5-9(10)11/h3-7,13H,1-2H3. The first-order valence-electron chi connectivity index (χ1n) is 4.89. The van der Waals surface area contributed by atoms with Crippen LogP contribution in [-0.2, 0) is 9.84 Å². The molecule has 0 bridgehead atoms. The number of halogens is 1. The van der Waals surface area contributed by atoms with Crippen molar-refractivity contribution in [3.63, 3.8) is 0 Å². The summed E-state index contributed by atoms with van der Waals surface area (Å²) in [7, 11) is -1.66. The highest BCUT2D eigenvalue weighted by Crippen LogP contribution is 2.35. The van der Waals surface area contributed by atoms with Crippen LogP contribution in [0.2, 0.25) is 0 Å². The van der Waals surface area contributed by atoms with Gasteiger partial charge in [0.15, 0.2) is 0 Å². The molecule has 1 unspecified atom stereocenters. The van der Waals surface area contributed by atoms with E-state index < -0.39 is 15.7 Å². The van der Waals surface area contributed by atoms with Gasteiger partial charge in [0.25, 0.3) is 0 Å². The second kappa shape index (κ2) is 3.68. The van der Waals surface area contributed by atoms with Crippen LogP contribution in [0.5, 0.6) is 0 Å². The Morgan fingerprint density at radius 2 is 2.06 bits per heavy atom. The van der Waals surface area contributed by atoms with Gasteiger partial charge in [-0.15, -0.1) is 0 Å². The number of benzene rings is 1. The Hall–Kier alpha value is -1.20. The smallest absolute Gasteiger partial charge is 0.200 e. The zero-order valence-corrected chi connectivity index (χ0v) is 9.81. The summed E-state index contributed by atoms with van der Waals surface area (Å²) in [4.78, 5) is 0.186. The topological polar surface area (TPSA) is 46.2 Å². The minimum Gasteiger partial charge on any atom is -0.313 e. The molecule has 1 atom stereocenters. The second-order valence-corrected chi connectivity index (χ2v) is 5.53. The minimum atomic E-state index is -3.40. The summed E-state index contributed by atoms with van der Waals surface area (Å²) >= 11 is 0. The minimum absolute atomic E-state index is 0.127. The van der Waals surface area contributed by atoms with E-state index in [1.54, 1.807) is 7.05 Å². The SMILES string of the molecule is CNC(C)C1=CS(=O)(=O)c2ccc(F)cc21. The van der Waals surface area contributed by atoms with Crippen molar-refractivity contribution in [2.24, 2.45) is 0 Å². The van der Waals surface area contributed by atoms with Crippen molar-refractivity contribution >= 4 is 15.4 Å². The molecule has 1 aliphatic heterocycles. The Balaban J connectivity index is 2.66. The third kappa shape index (κ3) is 1.66. The van der Waals surface area contributed by atoms with E-state index in [4.69, 9.17) is 0 Å². The number of rotatable bonds is 2. The number of hydrogen-bond donors (Lipinski definition) is 1. The lowest BCUT2D eigenvalue weighted by Gasteiger charge is -2.12. The Morgan fingerprint density at radius 3 is 2.69 bits per heavy atom. The molecule has 0 spiro atoms. The Labute approximate surface area is 93.9 Å².